The summed E-state index contributed by atoms with van der Waals surface area (Å²) in [5.41, 5.74) is 6.41. The Morgan fingerprint density at radius 1 is 1.29 bits per heavy atom. The van der Waals surface area contributed by atoms with Crippen LogP contribution in [0.5, 0.6) is 0 Å². The Morgan fingerprint density at radius 2 is 2.00 bits per heavy atom. The Hall–Kier alpha value is -1.69. The molecule has 1 aromatic carbocycles. The van der Waals surface area contributed by atoms with E-state index in [1.54, 1.807) is 12.1 Å². The number of nitrogen functional groups attached to an aromatic ring is 1. The van der Waals surface area contributed by atoms with Gasteiger partial charge in [-0.05, 0) is 18.2 Å². The molecule has 0 radical (unpaired) electrons. The number of nitrogens with two attached hydrogens (primary N) is 1. The molecular weight excluding hydrogens is 242 g/mol. The second-order valence-electron chi connectivity index (χ2n) is 3.11. The predicted molar refractivity (Wildman–Crippen MR) is 64.9 cm³/mol. The highest BCUT2D eigenvalue weighted by molar-refractivity contribution is 8.00. The van der Waals surface area contributed by atoms with Crippen LogP contribution < -0.4 is 5.73 Å². The van der Waals surface area contributed by atoms with Gasteiger partial charge in [-0.2, -0.15) is 0 Å². The molecule has 0 aliphatic rings. The van der Waals surface area contributed by atoms with Gasteiger partial charge in [0.2, 0.25) is 0 Å². The van der Waals surface area contributed by atoms with Crippen molar-refractivity contribution in [3.05, 3.63) is 23.8 Å². The quantitative estimate of drug-likeness (QED) is 0.496. The Labute approximate surface area is 103 Å². The van der Waals surface area contributed by atoms with Gasteiger partial charge in [0.25, 0.3) is 0 Å². The topological polar surface area (TPSA) is 78.6 Å². The van der Waals surface area contributed by atoms with E-state index in [2.05, 4.69) is 9.47 Å². The fourth-order valence-corrected chi connectivity index (χ4v) is 1.99. The zero-order valence-corrected chi connectivity index (χ0v) is 10.4. The fourth-order valence-electron chi connectivity index (χ4n) is 1.14. The minimum Gasteiger partial charge on any atom is -0.468 e. The molecule has 0 amide bonds. The minimum atomic E-state index is -0.482. The summed E-state index contributed by atoms with van der Waals surface area (Å²) < 4.78 is 9.16. The van der Waals surface area contributed by atoms with Gasteiger partial charge >= 0.3 is 11.9 Å². The van der Waals surface area contributed by atoms with Crippen LogP contribution in [0, 0.1) is 0 Å². The number of hydrogen-bond donors (Lipinski definition) is 1. The number of ether oxygens (including phenoxy) is 2. The number of thioether (sulfide) groups is 1. The molecular formula is C11H13NO4S. The summed E-state index contributed by atoms with van der Waals surface area (Å²) in [4.78, 5) is 23.1. The molecule has 0 spiro atoms. The van der Waals surface area contributed by atoms with E-state index in [4.69, 9.17) is 5.73 Å². The zero-order chi connectivity index (χ0) is 12.8. The van der Waals surface area contributed by atoms with E-state index in [-0.39, 0.29) is 11.7 Å². The number of methoxy groups -OCH3 is 2. The van der Waals surface area contributed by atoms with Crippen LogP contribution in [-0.4, -0.2) is 31.9 Å². The van der Waals surface area contributed by atoms with Crippen molar-refractivity contribution in [3.63, 3.8) is 0 Å². The Kier molecular flexibility index (Phi) is 4.84. The second kappa shape index (κ2) is 6.15. The van der Waals surface area contributed by atoms with Crippen molar-refractivity contribution in [1.82, 2.24) is 0 Å². The lowest BCUT2D eigenvalue weighted by molar-refractivity contribution is -0.137. The van der Waals surface area contributed by atoms with E-state index in [1.165, 1.54) is 32.0 Å². The summed E-state index contributed by atoms with van der Waals surface area (Å²) >= 11 is 1.20. The van der Waals surface area contributed by atoms with Crippen LogP contribution in [0.2, 0.25) is 0 Å². The van der Waals surface area contributed by atoms with E-state index in [0.717, 1.165) is 0 Å². The molecule has 2 N–H and O–H groups in total. The number of carbonyl (C=O) groups is 2. The summed E-state index contributed by atoms with van der Waals surface area (Å²) in [7, 11) is 2.60. The van der Waals surface area contributed by atoms with Crippen molar-refractivity contribution >= 4 is 29.4 Å². The van der Waals surface area contributed by atoms with E-state index < -0.39 is 5.97 Å². The number of rotatable bonds is 4. The molecule has 0 aromatic heterocycles. The van der Waals surface area contributed by atoms with Crippen LogP contribution in [0.4, 0.5) is 5.69 Å². The van der Waals surface area contributed by atoms with Crippen LogP contribution >= 0.6 is 11.8 Å². The summed E-state index contributed by atoms with van der Waals surface area (Å²) in [6.45, 7) is 0. The lowest BCUT2D eigenvalue weighted by Gasteiger charge is -2.07. The SMILES string of the molecule is COC(=O)CSc1ccc(N)cc1C(=O)OC. The maximum absolute atomic E-state index is 11.5. The van der Waals surface area contributed by atoms with Crippen molar-refractivity contribution in [2.45, 2.75) is 4.90 Å². The predicted octanol–water partition coefficient (Wildman–Crippen LogP) is 1.32. The van der Waals surface area contributed by atoms with Crippen molar-refractivity contribution in [3.8, 4) is 0 Å². The number of anilines is 1. The van der Waals surface area contributed by atoms with Crippen LogP contribution in [0.3, 0.4) is 0 Å². The van der Waals surface area contributed by atoms with E-state index in [9.17, 15) is 9.59 Å². The Morgan fingerprint density at radius 3 is 2.59 bits per heavy atom. The first kappa shape index (κ1) is 13.4. The van der Waals surface area contributed by atoms with Gasteiger partial charge in [-0.15, -0.1) is 11.8 Å². The molecule has 1 aromatic rings. The van der Waals surface area contributed by atoms with Gasteiger partial charge in [0.05, 0.1) is 25.5 Å². The molecule has 5 nitrogen and oxygen atoms in total. The fraction of sp³-hybridized carbons (Fsp3) is 0.273. The molecule has 0 unspecified atom stereocenters. The van der Waals surface area contributed by atoms with Crippen LogP contribution in [-0.2, 0) is 14.3 Å². The molecule has 0 heterocycles. The molecule has 0 atom stereocenters. The molecule has 6 heteroatoms. The molecule has 0 bridgehead atoms. The number of carbonyl (C=O) groups excluding carboxylic acids is 2. The summed E-state index contributed by atoms with van der Waals surface area (Å²) in [5, 5.41) is 0. The maximum atomic E-state index is 11.5. The lowest BCUT2D eigenvalue weighted by Crippen LogP contribution is -2.07. The molecule has 1 rings (SSSR count). The largest absolute Gasteiger partial charge is 0.468 e. The molecule has 0 aliphatic carbocycles. The van der Waals surface area contributed by atoms with Gasteiger partial charge in [-0.3, -0.25) is 4.79 Å². The average molecular weight is 255 g/mol. The first-order valence-electron chi connectivity index (χ1n) is 4.76. The smallest absolute Gasteiger partial charge is 0.339 e. The second-order valence-corrected chi connectivity index (χ2v) is 4.13. The lowest BCUT2D eigenvalue weighted by atomic mass is 10.2. The van der Waals surface area contributed by atoms with Crippen LogP contribution in [0.25, 0.3) is 0 Å². The Balaban J connectivity index is 2.90. The standard InChI is InChI=1S/C11H13NO4S/c1-15-10(13)6-17-9-4-3-7(12)5-8(9)11(14)16-2/h3-5H,6,12H2,1-2H3. The third-order valence-electron chi connectivity index (χ3n) is 1.98. The summed E-state index contributed by atoms with van der Waals surface area (Å²) in [5.74, 6) is -0.711. The van der Waals surface area contributed by atoms with Crippen molar-refractivity contribution in [1.29, 1.82) is 0 Å². The monoisotopic (exact) mass is 255 g/mol. The van der Waals surface area contributed by atoms with Crippen molar-refractivity contribution < 1.29 is 19.1 Å². The van der Waals surface area contributed by atoms with E-state index >= 15 is 0 Å². The number of hydrogen-bond acceptors (Lipinski definition) is 6. The summed E-state index contributed by atoms with van der Waals surface area (Å²) in [6, 6.07) is 4.85. The van der Waals surface area contributed by atoms with E-state index in [1.807, 2.05) is 0 Å². The minimum absolute atomic E-state index is 0.129. The number of benzene rings is 1. The normalized spacial score (nSPS) is 9.76. The maximum Gasteiger partial charge on any atom is 0.339 e. The number of esters is 2. The molecule has 17 heavy (non-hydrogen) atoms. The third-order valence-corrected chi connectivity index (χ3v) is 3.03. The average Bonchev–Trinajstić information content (AvgIpc) is 2.35. The van der Waals surface area contributed by atoms with Gasteiger partial charge in [0, 0.05) is 10.6 Å². The molecule has 92 valence electrons. The van der Waals surface area contributed by atoms with Gasteiger partial charge in [0.1, 0.15) is 0 Å². The third kappa shape index (κ3) is 3.67. The van der Waals surface area contributed by atoms with Crippen molar-refractivity contribution in [2.24, 2.45) is 0 Å². The molecule has 0 saturated heterocycles. The highest BCUT2D eigenvalue weighted by Crippen LogP contribution is 2.25. The molecule has 0 fully saturated rings. The highest BCUT2D eigenvalue weighted by atomic mass is 32.2. The highest BCUT2D eigenvalue weighted by Gasteiger charge is 2.14. The van der Waals surface area contributed by atoms with E-state index in [0.29, 0.717) is 16.1 Å². The van der Waals surface area contributed by atoms with Gasteiger partial charge in [-0.1, -0.05) is 0 Å². The van der Waals surface area contributed by atoms with Crippen molar-refractivity contribution in [2.75, 3.05) is 25.7 Å². The summed E-state index contributed by atoms with van der Waals surface area (Å²) in [6.07, 6.45) is 0. The first-order valence-corrected chi connectivity index (χ1v) is 5.74. The van der Waals surface area contributed by atoms with Gasteiger partial charge in [-0.25, -0.2) is 4.79 Å². The van der Waals surface area contributed by atoms with Gasteiger partial charge in [0.15, 0.2) is 0 Å². The Bertz CT molecular complexity index is 433. The van der Waals surface area contributed by atoms with Gasteiger partial charge < -0.3 is 15.2 Å². The van der Waals surface area contributed by atoms with Crippen LogP contribution in [0.15, 0.2) is 23.1 Å². The molecule has 0 aliphatic heterocycles. The van der Waals surface area contributed by atoms with Crippen LogP contribution in [0.1, 0.15) is 10.4 Å². The first-order chi connectivity index (χ1) is 8.08. The molecule has 0 saturated carbocycles. The zero-order valence-electron chi connectivity index (χ0n) is 9.56.